The maximum atomic E-state index is 11.6. The summed E-state index contributed by atoms with van der Waals surface area (Å²) in [6.07, 6.45) is 2.05. The van der Waals surface area contributed by atoms with Crippen LogP contribution in [0.1, 0.15) is 18.4 Å². The normalized spacial score (nSPS) is 15.9. The number of benzene rings is 1. The van der Waals surface area contributed by atoms with Crippen molar-refractivity contribution < 1.29 is 4.79 Å². The number of likely N-dealkylation sites (N-methyl/N-ethyl adjacent to an activating group) is 1. The highest BCUT2D eigenvalue weighted by atomic mass is 79.9. The molecule has 0 unspecified atom stereocenters. The lowest BCUT2D eigenvalue weighted by atomic mass is 10.1. The molecular formula is C12H16BrClN2O. The van der Waals surface area contributed by atoms with Gasteiger partial charge < -0.3 is 10.6 Å². The third-order valence-electron chi connectivity index (χ3n) is 2.84. The van der Waals surface area contributed by atoms with Gasteiger partial charge in [0.15, 0.2) is 0 Å². The molecule has 1 aliphatic rings. The summed E-state index contributed by atoms with van der Waals surface area (Å²) in [5.41, 5.74) is 1.07. The summed E-state index contributed by atoms with van der Waals surface area (Å²) in [4.78, 5) is 11.6. The van der Waals surface area contributed by atoms with Gasteiger partial charge in [0.25, 0.3) is 0 Å². The van der Waals surface area contributed by atoms with Crippen LogP contribution in [0, 0.1) is 0 Å². The third kappa shape index (κ3) is 3.44. The lowest BCUT2D eigenvalue weighted by molar-refractivity contribution is -0.121. The highest BCUT2D eigenvalue weighted by Crippen LogP contribution is 2.45. The molecule has 1 aliphatic carbocycles. The van der Waals surface area contributed by atoms with Crippen LogP contribution in [0.3, 0.4) is 0 Å². The molecular weight excluding hydrogens is 304 g/mol. The van der Waals surface area contributed by atoms with E-state index in [4.69, 9.17) is 0 Å². The number of halogens is 2. The number of carbonyl (C=O) groups excluding carboxylic acids is 1. The van der Waals surface area contributed by atoms with E-state index in [0.717, 1.165) is 17.3 Å². The Bertz CT molecular complexity index is 407. The maximum absolute atomic E-state index is 11.6. The quantitative estimate of drug-likeness (QED) is 0.893. The van der Waals surface area contributed by atoms with Gasteiger partial charge >= 0.3 is 0 Å². The van der Waals surface area contributed by atoms with Gasteiger partial charge in [-0.2, -0.15) is 0 Å². The van der Waals surface area contributed by atoms with E-state index in [0.29, 0.717) is 6.54 Å². The fourth-order valence-electron chi connectivity index (χ4n) is 1.87. The van der Waals surface area contributed by atoms with Crippen molar-refractivity contribution in [3.63, 3.8) is 0 Å². The van der Waals surface area contributed by atoms with Gasteiger partial charge in [-0.15, -0.1) is 12.4 Å². The van der Waals surface area contributed by atoms with Crippen LogP contribution >= 0.6 is 28.3 Å². The molecule has 94 valence electrons. The molecule has 0 bridgehead atoms. The van der Waals surface area contributed by atoms with Crippen molar-refractivity contribution in [1.82, 2.24) is 10.6 Å². The first-order valence-corrected chi connectivity index (χ1v) is 6.17. The molecule has 0 saturated heterocycles. The van der Waals surface area contributed by atoms with Crippen molar-refractivity contribution in [2.24, 2.45) is 0 Å². The van der Waals surface area contributed by atoms with E-state index in [-0.39, 0.29) is 23.9 Å². The first kappa shape index (κ1) is 14.5. The Morgan fingerprint density at radius 1 is 1.47 bits per heavy atom. The molecule has 1 aromatic rings. The van der Waals surface area contributed by atoms with Crippen LogP contribution in [-0.2, 0) is 10.3 Å². The molecule has 0 radical (unpaired) electrons. The highest BCUT2D eigenvalue weighted by Gasteiger charge is 2.45. The predicted octanol–water partition coefficient (Wildman–Crippen LogP) is 2.20. The van der Waals surface area contributed by atoms with Gasteiger partial charge in [-0.1, -0.05) is 28.1 Å². The van der Waals surface area contributed by atoms with Crippen LogP contribution in [0.5, 0.6) is 0 Å². The van der Waals surface area contributed by atoms with E-state index in [2.05, 4.69) is 38.7 Å². The van der Waals surface area contributed by atoms with Crippen LogP contribution in [0.4, 0.5) is 0 Å². The molecule has 1 aromatic carbocycles. The molecule has 0 heterocycles. The van der Waals surface area contributed by atoms with Gasteiger partial charge in [-0.25, -0.2) is 0 Å². The number of hydrogen-bond donors (Lipinski definition) is 2. The highest BCUT2D eigenvalue weighted by molar-refractivity contribution is 9.10. The van der Waals surface area contributed by atoms with Crippen LogP contribution in [0.15, 0.2) is 28.7 Å². The first-order chi connectivity index (χ1) is 7.66. The zero-order chi connectivity index (χ0) is 11.6. The van der Waals surface area contributed by atoms with Gasteiger partial charge in [0.2, 0.25) is 5.91 Å². The molecule has 17 heavy (non-hydrogen) atoms. The number of rotatable bonds is 4. The average Bonchev–Trinajstić information content (AvgIpc) is 2.99. The molecule has 0 aliphatic heterocycles. The minimum atomic E-state index is -0.113. The SMILES string of the molecule is CNCC(=O)NC1(c2cccc(Br)c2)CC1.Cl. The second-order valence-corrected chi connectivity index (χ2v) is 5.09. The second kappa shape index (κ2) is 5.85. The summed E-state index contributed by atoms with van der Waals surface area (Å²) in [7, 11) is 1.78. The van der Waals surface area contributed by atoms with Crippen molar-refractivity contribution >= 4 is 34.2 Å². The lowest BCUT2D eigenvalue weighted by Crippen LogP contribution is -2.39. The van der Waals surface area contributed by atoms with E-state index < -0.39 is 0 Å². The van der Waals surface area contributed by atoms with Gasteiger partial charge in [-0.3, -0.25) is 4.79 Å². The molecule has 2 N–H and O–H groups in total. The average molecular weight is 320 g/mol. The van der Waals surface area contributed by atoms with Crippen LogP contribution in [-0.4, -0.2) is 19.5 Å². The Kier molecular flexibility index (Phi) is 4.98. The van der Waals surface area contributed by atoms with Crippen molar-refractivity contribution in [3.05, 3.63) is 34.3 Å². The second-order valence-electron chi connectivity index (χ2n) is 4.17. The molecule has 0 spiro atoms. The molecule has 0 aromatic heterocycles. The van der Waals surface area contributed by atoms with Gasteiger partial charge in [-0.05, 0) is 37.6 Å². The smallest absolute Gasteiger partial charge is 0.234 e. The summed E-state index contributed by atoms with van der Waals surface area (Å²) in [5.74, 6) is 0.0555. The summed E-state index contributed by atoms with van der Waals surface area (Å²) in [5, 5.41) is 5.95. The Balaban J connectivity index is 0.00000144. The fraction of sp³-hybridized carbons (Fsp3) is 0.417. The summed E-state index contributed by atoms with van der Waals surface area (Å²) < 4.78 is 1.05. The molecule has 1 saturated carbocycles. The van der Waals surface area contributed by atoms with Crippen LogP contribution < -0.4 is 10.6 Å². The molecule has 0 atom stereocenters. The molecule has 3 nitrogen and oxygen atoms in total. The number of nitrogens with one attached hydrogen (secondary N) is 2. The fourth-order valence-corrected chi connectivity index (χ4v) is 2.27. The maximum Gasteiger partial charge on any atom is 0.234 e. The Labute approximate surface area is 116 Å². The zero-order valence-corrected chi connectivity index (χ0v) is 12.0. The monoisotopic (exact) mass is 318 g/mol. The van der Waals surface area contributed by atoms with E-state index in [1.54, 1.807) is 7.05 Å². The topological polar surface area (TPSA) is 41.1 Å². The lowest BCUT2D eigenvalue weighted by Gasteiger charge is -2.18. The summed E-state index contributed by atoms with van der Waals surface area (Å²) >= 11 is 3.45. The minimum absolute atomic E-state index is 0. The van der Waals surface area contributed by atoms with Gasteiger partial charge in [0.1, 0.15) is 0 Å². The molecule has 2 rings (SSSR count). The first-order valence-electron chi connectivity index (χ1n) is 5.38. The molecule has 1 amide bonds. The van der Waals surface area contributed by atoms with Crippen molar-refractivity contribution in [1.29, 1.82) is 0 Å². The van der Waals surface area contributed by atoms with E-state index in [1.807, 2.05) is 12.1 Å². The van der Waals surface area contributed by atoms with Gasteiger partial charge in [0, 0.05) is 4.47 Å². The number of carbonyl (C=O) groups is 1. The van der Waals surface area contributed by atoms with E-state index in [9.17, 15) is 4.79 Å². The third-order valence-corrected chi connectivity index (χ3v) is 3.34. The Morgan fingerprint density at radius 2 is 2.18 bits per heavy atom. The van der Waals surface area contributed by atoms with Crippen molar-refractivity contribution in [3.8, 4) is 0 Å². The Morgan fingerprint density at radius 3 is 2.71 bits per heavy atom. The zero-order valence-electron chi connectivity index (χ0n) is 9.63. The minimum Gasteiger partial charge on any atom is -0.345 e. The van der Waals surface area contributed by atoms with E-state index in [1.165, 1.54) is 5.56 Å². The summed E-state index contributed by atoms with van der Waals surface area (Å²) in [6, 6.07) is 8.14. The van der Waals surface area contributed by atoms with Crippen LogP contribution in [0.25, 0.3) is 0 Å². The Hall–Kier alpha value is -0.580. The van der Waals surface area contributed by atoms with Crippen molar-refractivity contribution in [2.75, 3.05) is 13.6 Å². The van der Waals surface area contributed by atoms with Gasteiger partial charge in [0.05, 0.1) is 12.1 Å². The molecule has 5 heteroatoms. The van der Waals surface area contributed by atoms with E-state index >= 15 is 0 Å². The number of hydrogen-bond acceptors (Lipinski definition) is 2. The summed E-state index contributed by atoms with van der Waals surface area (Å²) in [6.45, 7) is 0.371. The molecule has 1 fully saturated rings. The van der Waals surface area contributed by atoms with Crippen LogP contribution in [0.2, 0.25) is 0 Å². The predicted molar refractivity (Wildman–Crippen MR) is 74.4 cm³/mol. The standard InChI is InChI=1S/C12H15BrN2O.ClH/c1-14-8-11(16)15-12(5-6-12)9-3-2-4-10(13)7-9;/h2-4,7,14H,5-6,8H2,1H3,(H,15,16);1H. The number of amides is 1. The largest absolute Gasteiger partial charge is 0.345 e. The van der Waals surface area contributed by atoms with Crippen molar-refractivity contribution in [2.45, 2.75) is 18.4 Å².